The first-order valence-corrected chi connectivity index (χ1v) is 8.64. The number of nitrogens with zero attached hydrogens (tertiary/aromatic N) is 3. The number of piperazine rings is 1. The summed E-state index contributed by atoms with van der Waals surface area (Å²) in [5.41, 5.74) is 0.0292. The molecule has 8 nitrogen and oxygen atoms in total. The number of hydrogen-bond acceptors (Lipinski definition) is 4. The Morgan fingerprint density at radius 1 is 1.24 bits per heavy atom. The Bertz CT molecular complexity index is 664. The second-order valence-corrected chi connectivity index (χ2v) is 6.41. The van der Waals surface area contributed by atoms with Gasteiger partial charge in [-0.3, -0.25) is 14.5 Å². The van der Waals surface area contributed by atoms with Gasteiger partial charge in [0.2, 0.25) is 5.91 Å². The molecule has 0 aliphatic carbocycles. The minimum atomic E-state index is -0.285. The summed E-state index contributed by atoms with van der Waals surface area (Å²) in [6.07, 6.45) is 2.54. The second kappa shape index (κ2) is 8.66. The molecule has 1 aromatic rings. The molecule has 2 heterocycles. The van der Waals surface area contributed by atoms with Gasteiger partial charge in [0.25, 0.3) is 5.56 Å². The van der Waals surface area contributed by atoms with Crippen molar-refractivity contribution in [3.63, 3.8) is 0 Å². The van der Waals surface area contributed by atoms with Crippen LogP contribution >= 0.6 is 0 Å². The van der Waals surface area contributed by atoms with Crippen molar-refractivity contribution < 1.29 is 9.59 Å². The zero-order valence-electron chi connectivity index (χ0n) is 15.1. The van der Waals surface area contributed by atoms with Crippen LogP contribution in [0.5, 0.6) is 0 Å². The van der Waals surface area contributed by atoms with Gasteiger partial charge in [0, 0.05) is 45.5 Å². The molecule has 0 spiro atoms. The number of carbonyl (C=O) groups is 2. The average Bonchev–Trinajstić information content (AvgIpc) is 2.59. The predicted octanol–water partition coefficient (Wildman–Crippen LogP) is 0.450. The van der Waals surface area contributed by atoms with Crippen LogP contribution in [0.15, 0.2) is 23.1 Å². The summed E-state index contributed by atoms with van der Waals surface area (Å²) in [5.74, 6) is 0.0139. The fourth-order valence-electron chi connectivity index (χ4n) is 2.62. The lowest BCUT2D eigenvalue weighted by atomic mass is 10.2. The standard InChI is InChI=1S/C17H27N5O3/c1-4-13(2)18-15(23)12-21-8-10-22(11-9-21)17(25)19-14-6-5-7-20(3)16(14)24/h5-7,13H,4,8-12H2,1-3H3,(H,18,23)(H,19,25). The van der Waals surface area contributed by atoms with E-state index < -0.39 is 0 Å². The van der Waals surface area contributed by atoms with Gasteiger partial charge in [0.05, 0.1) is 6.54 Å². The first kappa shape index (κ1) is 19.0. The number of amides is 3. The van der Waals surface area contributed by atoms with E-state index in [0.29, 0.717) is 32.7 Å². The lowest BCUT2D eigenvalue weighted by molar-refractivity contribution is -0.123. The quantitative estimate of drug-likeness (QED) is 0.808. The summed E-state index contributed by atoms with van der Waals surface area (Å²) in [4.78, 5) is 39.9. The highest BCUT2D eigenvalue weighted by Crippen LogP contribution is 2.06. The Hall–Kier alpha value is -2.35. The third-order valence-electron chi connectivity index (χ3n) is 4.41. The molecule has 25 heavy (non-hydrogen) atoms. The number of carbonyl (C=O) groups excluding carboxylic acids is 2. The monoisotopic (exact) mass is 349 g/mol. The molecule has 0 bridgehead atoms. The third-order valence-corrected chi connectivity index (χ3v) is 4.41. The Kier molecular flexibility index (Phi) is 6.58. The lowest BCUT2D eigenvalue weighted by Crippen LogP contribution is -2.52. The van der Waals surface area contributed by atoms with Crippen LogP contribution in [0.4, 0.5) is 10.5 Å². The number of urea groups is 1. The minimum Gasteiger partial charge on any atom is -0.353 e. The minimum absolute atomic E-state index is 0.0139. The maximum Gasteiger partial charge on any atom is 0.322 e. The molecule has 3 amide bonds. The zero-order valence-corrected chi connectivity index (χ0v) is 15.1. The Morgan fingerprint density at radius 3 is 2.56 bits per heavy atom. The number of pyridine rings is 1. The maximum absolute atomic E-state index is 12.3. The maximum atomic E-state index is 12.3. The summed E-state index contributed by atoms with van der Waals surface area (Å²) in [5, 5.41) is 5.61. The van der Waals surface area contributed by atoms with Crippen LogP contribution in [0, 0.1) is 0 Å². The van der Waals surface area contributed by atoms with Crippen LogP contribution in [0.3, 0.4) is 0 Å². The number of aromatic nitrogens is 1. The summed E-state index contributed by atoms with van der Waals surface area (Å²) in [7, 11) is 1.64. The molecule has 1 saturated heterocycles. The average molecular weight is 349 g/mol. The van der Waals surface area contributed by atoms with E-state index in [4.69, 9.17) is 0 Å². The second-order valence-electron chi connectivity index (χ2n) is 6.41. The van der Waals surface area contributed by atoms with Gasteiger partial charge in [-0.05, 0) is 25.5 Å². The van der Waals surface area contributed by atoms with Gasteiger partial charge in [0.15, 0.2) is 0 Å². The van der Waals surface area contributed by atoms with Crippen molar-refractivity contribution in [2.75, 3.05) is 38.0 Å². The molecule has 1 aromatic heterocycles. The molecule has 1 aliphatic heterocycles. The molecule has 1 fully saturated rings. The van der Waals surface area contributed by atoms with E-state index in [1.54, 1.807) is 30.3 Å². The molecule has 0 aromatic carbocycles. The van der Waals surface area contributed by atoms with Crippen LogP contribution in [-0.4, -0.2) is 65.1 Å². The van der Waals surface area contributed by atoms with E-state index in [2.05, 4.69) is 10.6 Å². The van der Waals surface area contributed by atoms with Gasteiger partial charge in [-0.15, -0.1) is 0 Å². The molecule has 2 N–H and O–H groups in total. The molecule has 2 rings (SSSR count). The van der Waals surface area contributed by atoms with Crippen LogP contribution in [0.2, 0.25) is 0 Å². The normalized spacial score (nSPS) is 16.4. The Labute approximate surface area is 147 Å². The SMILES string of the molecule is CCC(C)NC(=O)CN1CCN(C(=O)Nc2cccn(C)c2=O)CC1. The van der Waals surface area contributed by atoms with E-state index >= 15 is 0 Å². The molecule has 0 saturated carbocycles. The largest absolute Gasteiger partial charge is 0.353 e. The number of aryl methyl sites for hydroxylation is 1. The van der Waals surface area contributed by atoms with Gasteiger partial charge in [-0.2, -0.15) is 0 Å². The lowest BCUT2D eigenvalue weighted by Gasteiger charge is -2.34. The summed E-state index contributed by atoms with van der Waals surface area (Å²) < 4.78 is 1.42. The highest BCUT2D eigenvalue weighted by Gasteiger charge is 2.23. The molecule has 1 unspecified atom stereocenters. The molecule has 1 atom stereocenters. The van der Waals surface area contributed by atoms with Crippen molar-refractivity contribution in [3.8, 4) is 0 Å². The van der Waals surface area contributed by atoms with E-state index in [9.17, 15) is 14.4 Å². The number of anilines is 1. The van der Waals surface area contributed by atoms with Gasteiger partial charge in [0.1, 0.15) is 5.69 Å². The molecule has 138 valence electrons. The predicted molar refractivity (Wildman–Crippen MR) is 96.6 cm³/mol. The topological polar surface area (TPSA) is 86.7 Å². The summed E-state index contributed by atoms with van der Waals surface area (Å²) in [6, 6.07) is 3.20. The third kappa shape index (κ3) is 5.32. The van der Waals surface area contributed by atoms with Gasteiger partial charge in [-0.1, -0.05) is 6.92 Å². The number of nitrogens with one attached hydrogen (secondary N) is 2. The summed E-state index contributed by atoms with van der Waals surface area (Å²) >= 11 is 0. The van der Waals surface area contributed by atoms with Crippen LogP contribution in [0.25, 0.3) is 0 Å². The van der Waals surface area contributed by atoms with Crippen LogP contribution in [-0.2, 0) is 11.8 Å². The molecule has 8 heteroatoms. The first-order chi connectivity index (χ1) is 11.9. The highest BCUT2D eigenvalue weighted by atomic mass is 16.2. The van der Waals surface area contributed by atoms with E-state index in [1.165, 1.54) is 4.57 Å². The van der Waals surface area contributed by atoms with Crippen molar-refractivity contribution in [1.82, 2.24) is 19.7 Å². The number of rotatable bonds is 5. The van der Waals surface area contributed by atoms with Gasteiger partial charge < -0.3 is 20.1 Å². The fourth-order valence-corrected chi connectivity index (χ4v) is 2.62. The fraction of sp³-hybridized carbons (Fsp3) is 0.588. The smallest absolute Gasteiger partial charge is 0.322 e. The highest BCUT2D eigenvalue weighted by molar-refractivity contribution is 5.89. The van der Waals surface area contributed by atoms with Crippen molar-refractivity contribution >= 4 is 17.6 Å². The molecular formula is C17H27N5O3. The van der Waals surface area contributed by atoms with Crippen molar-refractivity contribution in [2.24, 2.45) is 7.05 Å². The molecule has 0 radical (unpaired) electrons. The van der Waals surface area contributed by atoms with Crippen molar-refractivity contribution in [2.45, 2.75) is 26.3 Å². The van der Waals surface area contributed by atoms with E-state index in [0.717, 1.165) is 6.42 Å². The van der Waals surface area contributed by atoms with E-state index in [-0.39, 0.29) is 29.2 Å². The Morgan fingerprint density at radius 2 is 1.92 bits per heavy atom. The van der Waals surface area contributed by atoms with Crippen LogP contribution in [0.1, 0.15) is 20.3 Å². The number of hydrogen-bond donors (Lipinski definition) is 2. The van der Waals surface area contributed by atoms with Gasteiger partial charge >= 0.3 is 6.03 Å². The van der Waals surface area contributed by atoms with Crippen LogP contribution < -0.4 is 16.2 Å². The summed E-state index contributed by atoms with van der Waals surface area (Å²) in [6.45, 7) is 6.67. The zero-order chi connectivity index (χ0) is 18.4. The van der Waals surface area contributed by atoms with E-state index in [1.807, 2.05) is 18.7 Å². The van der Waals surface area contributed by atoms with Gasteiger partial charge in [-0.25, -0.2) is 4.79 Å². The first-order valence-electron chi connectivity index (χ1n) is 8.64. The van der Waals surface area contributed by atoms with Crippen molar-refractivity contribution in [1.29, 1.82) is 0 Å². The Balaban J connectivity index is 1.81. The van der Waals surface area contributed by atoms with Crippen molar-refractivity contribution in [3.05, 3.63) is 28.7 Å². The molecular weight excluding hydrogens is 322 g/mol. The molecule has 1 aliphatic rings.